The Hall–Kier alpha value is -2.47. The maximum absolute atomic E-state index is 11.7. The average Bonchev–Trinajstić information content (AvgIpc) is 2.76. The van der Waals surface area contributed by atoms with E-state index < -0.39 is 0 Å². The van der Waals surface area contributed by atoms with Crippen LogP contribution >= 0.6 is 11.3 Å². The van der Waals surface area contributed by atoms with Gasteiger partial charge in [-0.05, 0) is 25.1 Å². The molecule has 2 aromatic heterocycles. The summed E-state index contributed by atoms with van der Waals surface area (Å²) >= 11 is 1.20. The number of nitrogens with one attached hydrogen (secondary N) is 1. The quantitative estimate of drug-likeness (QED) is 0.807. The van der Waals surface area contributed by atoms with E-state index >= 15 is 0 Å². The minimum absolute atomic E-state index is 0.0127. The summed E-state index contributed by atoms with van der Waals surface area (Å²) in [5, 5.41) is 3.15. The molecule has 0 aliphatic rings. The zero-order valence-electron chi connectivity index (χ0n) is 11.7. The van der Waals surface area contributed by atoms with Crippen LogP contribution in [0.2, 0.25) is 0 Å². The minimum Gasteiger partial charge on any atom is -0.324 e. The standard InChI is InChI=1S/C15H14N4OS/c1-10-13(21-15(20)19(10)2)12-8-9-16-14(18-12)17-11-6-4-3-5-7-11/h3-9H,1-2H3,(H,16,17,18). The van der Waals surface area contributed by atoms with Gasteiger partial charge in [-0.25, -0.2) is 9.97 Å². The molecule has 6 heteroatoms. The van der Waals surface area contributed by atoms with Gasteiger partial charge >= 0.3 is 4.87 Å². The third kappa shape index (κ3) is 2.71. The molecule has 0 spiro atoms. The fraction of sp³-hybridized carbons (Fsp3) is 0.133. The molecule has 0 radical (unpaired) electrons. The number of thiazole rings is 1. The Labute approximate surface area is 125 Å². The van der Waals surface area contributed by atoms with Crippen LogP contribution in [-0.4, -0.2) is 14.5 Å². The van der Waals surface area contributed by atoms with Crippen LogP contribution < -0.4 is 10.2 Å². The number of rotatable bonds is 3. The van der Waals surface area contributed by atoms with Crippen molar-refractivity contribution in [2.45, 2.75) is 6.92 Å². The summed E-state index contributed by atoms with van der Waals surface area (Å²) in [5.74, 6) is 0.515. The van der Waals surface area contributed by atoms with Crippen molar-refractivity contribution in [2.24, 2.45) is 7.05 Å². The van der Waals surface area contributed by atoms with Crippen molar-refractivity contribution in [3.8, 4) is 10.6 Å². The molecule has 0 saturated heterocycles. The summed E-state index contributed by atoms with van der Waals surface area (Å²) < 4.78 is 1.63. The second-order valence-corrected chi connectivity index (χ2v) is 5.56. The molecule has 0 bridgehead atoms. The lowest BCUT2D eigenvalue weighted by Gasteiger charge is -2.06. The highest BCUT2D eigenvalue weighted by Crippen LogP contribution is 2.25. The SMILES string of the molecule is Cc1c(-c2ccnc(Nc3ccccc3)n2)sc(=O)n1C. The van der Waals surface area contributed by atoms with Gasteiger partial charge in [0.1, 0.15) is 0 Å². The predicted octanol–water partition coefficient (Wildman–Crippen LogP) is 2.96. The molecule has 0 aliphatic carbocycles. The van der Waals surface area contributed by atoms with Crippen molar-refractivity contribution in [3.05, 3.63) is 58.0 Å². The van der Waals surface area contributed by atoms with Gasteiger partial charge in [-0.15, -0.1) is 0 Å². The molecule has 2 heterocycles. The molecule has 0 unspecified atom stereocenters. The molecule has 1 aromatic carbocycles. The summed E-state index contributed by atoms with van der Waals surface area (Å²) in [6.45, 7) is 1.92. The molecule has 0 amide bonds. The largest absolute Gasteiger partial charge is 0.324 e. The Balaban J connectivity index is 1.97. The van der Waals surface area contributed by atoms with Crippen molar-refractivity contribution < 1.29 is 0 Å². The first-order valence-corrected chi connectivity index (χ1v) is 7.29. The number of anilines is 2. The van der Waals surface area contributed by atoms with Crippen LogP contribution in [0.15, 0.2) is 47.4 Å². The molecule has 0 atom stereocenters. The smallest absolute Gasteiger partial charge is 0.307 e. The topological polar surface area (TPSA) is 59.8 Å². The summed E-state index contributed by atoms with van der Waals surface area (Å²) in [5.41, 5.74) is 2.59. The molecule has 5 nitrogen and oxygen atoms in total. The number of aromatic nitrogens is 3. The van der Waals surface area contributed by atoms with Crippen LogP contribution in [0, 0.1) is 6.92 Å². The van der Waals surface area contributed by atoms with Crippen LogP contribution in [0.1, 0.15) is 5.69 Å². The van der Waals surface area contributed by atoms with Gasteiger partial charge in [0.05, 0.1) is 10.6 Å². The second-order valence-electron chi connectivity index (χ2n) is 4.60. The van der Waals surface area contributed by atoms with E-state index in [1.165, 1.54) is 11.3 Å². The third-order valence-corrected chi connectivity index (χ3v) is 4.37. The highest BCUT2D eigenvalue weighted by molar-refractivity contribution is 7.13. The highest BCUT2D eigenvalue weighted by Gasteiger charge is 2.12. The van der Waals surface area contributed by atoms with Crippen molar-refractivity contribution >= 4 is 23.0 Å². The van der Waals surface area contributed by atoms with Crippen molar-refractivity contribution in [2.75, 3.05) is 5.32 Å². The summed E-state index contributed by atoms with van der Waals surface area (Å²) in [7, 11) is 1.77. The van der Waals surface area contributed by atoms with Crippen LogP contribution in [0.4, 0.5) is 11.6 Å². The van der Waals surface area contributed by atoms with Crippen molar-refractivity contribution in [3.63, 3.8) is 0 Å². The molecule has 3 aromatic rings. The van der Waals surface area contributed by atoms with E-state index in [0.29, 0.717) is 5.95 Å². The zero-order chi connectivity index (χ0) is 14.8. The van der Waals surface area contributed by atoms with Crippen LogP contribution in [-0.2, 0) is 7.05 Å². The lowest BCUT2D eigenvalue weighted by atomic mass is 10.3. The first kappa shape index (κ1) is 13.5. The Morgan fingerprint density at radius 1 is 1.19 bits per heavy atom. The fourth-order valence-corrected chi connectivity index (χ4v) is 2.90. The van der Waals surface area contributed by atoms with E-state index in [9.17, 15) is 4.79 Å². The Kier molecular flexibility index (Phi) is 3.53. The number of nitrogens with zero attached hydrogens (tertiary/aromatic N) is 3. The van der Waals surface area contributed by atoms with E-state index in [-0.39, 0.29) is 4.87 Å². The molecule has 3 rings (SSSR count). The van der Waals surface area contributed by atoms with Crippen LogP contribution in [0.25, 0.3) is 10.6 Å². The first-order chi connectivity index (χ1) is 10.1. The monoisotopic (exact) mass is 298 g/mol. The average molecular weight is 298 g/mol. The molecule has 1 N–H and O–H groups in total. The summed E-state index contributed by atoms with van der Waals surface area (Å²) in [6, 6.07) is 11.5. The fourth-order valence-electron chi connectivity index (χ4n) is 1.95. The van der Waals surface area contributed by atoms with Gasteiger partial charge < -0.3 is 9.88 Å². The number of para-hydroxylation sites is 1. The molecule has 0 aliphatic heterocycles. The lowest BCUT2D eigenvalue weighted by molar-refractivity contribution is 0.854. The van der Waals surface area contributed by atoms with E-state index in [4.69, 9.17) is 0 Å². The Morgan fingerprint density at radius 3 is 2.62 bits per heavy atom. The molecular formula is C15H14N4OS. The first-order valence-electron chi connectivity index (χ1n) is 6.47. The second kappa shape index (κ2) is 5.49. The van der Waals surface area contributed by atoms with Crippen molar-refractivity contribution in [1.29, 1.82) is 0 Å². The summed E-state index contributed by atoms with van der Waals surface area (Å²) in [4.78, 5) is 21.3. The normalized spacial score (nSPS) is 10.6. The van der Waals surface area contributed by atoms with Gasteiger partial charge in [-0.2, -0.15) is 0 Å². The van der Waals surface area contributed by atoms with Gasteiger partial charge in [0.25, 0.3) is 0 Å². The van der Waals surface area contributed by atoms with Gasteiger partial charge in [-0.3, -0.25) is 4.79 Å². The van der Waals surface area contributed by atoms with Crippen LogP contribution in [0.5, 0.6) is 0 Å². The molecular weight excluding hydrogens is 284 g/mol. The predicted molar refractivity (Wildman–Crippen MR) is 85.0 cm³/mol. The molecule has 106 valence electrons. The zero-order valence-corrected chi connectivity index (χ0v) is 12.5. The van der Waals surface area contributed by atoms with Gasteiger partial charge in [0, 0.05) is 24.6 Å². The molecule has 0 fully saturated rings. The molecule has 0 saturated carbocycles. The minimum atomic E-state index is 0.0127. The van der Waals surface area contributed by atoms with Gasteiger partial charge in [0.15, 0.2) is 0 Å². The van der Waals surface area contributed by atoms with Gasteiger partial charge in [0.2, 0.25) is 5.95 Å². The van der Waals surface area contributed by atoms with Crippen molar-refractivity contribution in [1.82, 2.24) is 14.5 Å². The number of benzene rings is 1. The van der Waals surface area contributed by atoms with E-state index in [1.807, 2.05) is 43.3 Å². The number of hydrogen-bond donors (Lipinski definition) is 1. The summed E-state index contributed by atoms with van der Waals surface area (Å²) in [6.07, 6.45) is 1.69. The maximum Gasteiger partial charge on any atom is 0.307 e. The van der Waals surface area contributed by atoms with E-state index in [0.717, 1.165) is 22.0 Å². The highest BCUT2D eigenvalue weighted by atomic mass is 32.1. The number of hydrogen-bond acceptors (Lipinski definition) is 5. The van der Waals surface area contributed by atoms with Gasteiger partial charge in [-0.1, -0.05) is 29.5 Å². The van der Waals surface area contributed by atoms with E-state index in [2.05, 4.69) is 15.3 Å². The Morgan fingerprint density at radius 2 is 1.95 bits per heavy atom. The molecule has 21 heavy (non-hydrogen) atoms. The Bertz CT molecular complexity index is 823. The third-order valence-electron chi connectivity index (χ3n) is 3.21. The lowest BCUT2D eigenvalue weighted by Crippen LogP contribution is -2.08. The van der Waals surface area contributed by atoms with E-state index in [1.54, 1.807) is 17.8 Å². The maximum atomic E-state index is 11.7. The van der Waals surface area contributed by atoms with Crippen LogP contribution in [0.3, 0.4) is 0 Å².